The maximum Gasteiger partial charge on any atom is 0.267 e. The Hall–Kier alpha value is -3.54. The van der Waals surface area contributed by atoms with Crippen molar-refractivity contribution >= 4 is 15.9 Å². The van der Waals surface area contributed by atoms with Crippen molar-refractivity contribution in [3.05, 3.63) is 95.3 Å². The molecule has 2 atom stereocenters. The van der Waals surface area contributed by atoms with Crippen molar-refractivity contribution in [2.45, 2.75) is 43.5 Å². The van der Waals surface area contributed by atoms with Crippen LogP contribution in [0.4, 0.5) is 4.39 Å². The lowest BCUT2D eigenvalue weighted by atomic mass is 9.91. The second-order valence-corrected chi connectivity index (χ2v) is 11.0. The van der Waals surface area contributed by atoms with E-state index < -0.39 is 32.6 Å². The number of nitrogens with zero attached hydrogens (tertiary/aromatic N) is 2. The monoisotopic (exact) mass is 506 g/mol. The lowest BCUT2D eigenvalue weighted by Crippen LogP contribution is -2.43. The molecule has 186 valence electrons. The van der Waals surface area contributed by atoms with Crippen LogP contribution < -0.4 is 0 Å². The van der Waals surface area contributed by atoms with E-state index in [4.69, 9.17) is 10.00 Å². The molecule has 0 saturated carbocycles. The number of sulfonamides is 1. The molecule has 6 nitrogen and oxygen atoms in total. The molecule has 36 heavy (non-hydrogen) atoms. The Morgan fingerprint density at radius 1 is 1.06 bits per heavy atom. The molecule has 1 aliphatic rings. The third-order valence-corrected chi connectivity index (χ3v) is 8.24. The quantitative estimate of drug-likeness (QED) is 0.456. The summed E-state index contributed by atoms with van der Waals surface area (Å²) in [5.74, 6) is -0.897. The summed E-state index contributed by atoms with van der Waals surface area (Å²) in [6, 6.07) is 22.6. The molecule has 8 heteroatoms. The summed E-state index contributed by atoms with van der Waals surface area (Å²) in [6.45, 7) is 3.21. The molecule has 0 saturated heterocycles. The molecule has 0 aliphatic carbocycles. The Labute approximate surface area is 210 Å². The molecule has 1 unspecified atom stereocenters. The zero-order chi connectivity index (χ0) is 25.9. The van der Waals surface area contributed by atoms with E-state index in [0.717, 1.165) is 11.1 Å². The maximum absolute atomic E-state index is 14.4. The summed E-state index contributed by atoms with van der Waals surface area (Å²) in [5, 5.41) is 17.5. The van der Waals surface area contributed by atoms with Crippen molar-refractivity contribution in [1.82, 2.24) is 0 Å². The predicted octanol–water partition coefficient (Wildman–Crippen LogP) is 5.50. The molecule has 3 aromatic rings. The van der Waals surface area contributed by atoms with Gasteiger partial charge in [0.2, 0.25) is 5.90 Å². The molecule has 1 aliphatic heterocycles. The fourth-order valence-electron chi connectivity index (χ4n) is 4.71. The van der Waals surface area contributed by atoms with Gasteiger partial charge in [0.25, 0.3) is 10.0 Å². The minimum absolute atomic E-state index is 0.00663. The summed E-state index contributed by atoms with van der Waals surface area (Å²) in [4.78, 5) is 0. The second kappa shape index (κ2) is 10.2. The van der Waals surface area contributed by atoms with Gasteiger partial charge in [0.15, 0.2) is 0 Å². The molecule has 0 radical (unpaired) electrons. The van der Waals surface area contributed by atoms with Crippen molar-refractivity contribution in [3.63, 3.8) is 0 Å². The molecular weight excluding hydrogens is 479 g/mol. The van der Waals surface area contributed by atoms with Crippen molar-refractivity contribution < 1.29 is 22.7 Å². The lowest BCUT2D eigenvalue weighted by Gasteiger charge is -2.38. The van der Waals surface area contributed by atoms with Crippen LogP contribution in [0, 0.1) is 17.1 Å². The minimum atomic E-state index is -4.00. The first kappa shape index (κ1) is 25.5. The zero-order valence-corrected chi connectivity index (χ0v) is 20.9. The van der Waals surface area contributed by atoms with E-state index in [1.807, 2.05) is 24.3 Å². The minimum Gasteiger partial charge on any atom is -0.472 e. The zero-order valence-electron chi connectivity index (χ0n) is 20.1. The van der Waals surface area contributed by atoms with Gasteiger partial charge in [-0.05, 0) is 66.6 Å². The first-order valence-electron chi connectivity index (χ1n) is 11.6. The normalized spacial score (nSPS) is 19.0. The van der Waals surface area contributed by atoms with E-state index in [9.17, 15) is 17.9 Å². The smallest absolute Gasteiger partial charge is 0.267 e. The number of nitriles is 1. The fraction of sp³-hybridized carbons (Fsp3) is 0.286. The van der Waals surface area contributed by atoms with E-state index >= 15 is 0 Å². The Kier molecular flexibility index (Phi) is 7.25. The maximum atomic E-state index is 14.4. The number of rotatable bonds is 7. The largest absolute Gasteiger partial charge is 0.472 e. The van der Waals surface area contributed by atoms with E-state index in [0.29, 0.717) is 16.7 Å². The molecule has 1 N–H and O–H groups in total. The van der Waals surface area contributed by atoms with Gasteiger partial charge in [0.1, 0.15) is 16.7 Å². The van der Waals surface area contributed by atoms with E-state index in [1.165, 1.54) is 6.07 Å². The molecule has 3 aromatic carbocycles. The Morgan fingerprint density at radius 2 is 1.67 bits per heavy atom. The van der Waals surface area contributed by atoms with Gasteiger partial charge in [0.05, 0.1) is 11.6 Å². The lowest BCUT2D eigenvalue weighted by molar-refractivity contribution is 0.0797. The highest BCUT2D eigenvalue weighted by Crippen LogP contribution is 2.42. The van der Waals surface area contributed by atoms with Gasteiger partial charge in [-0.2, -0.15) is 5.26 Å². The van der Waals surface area contributed by atoms with Crippen molar-refractivity contribution in [1.29, 1.82) is 5.26 Å². The Morgan fingerprint density at radius 3 is 2.22 bits per heavy atom. The van der Waals surface area contributed by atoms with Crippen molar-refractivity contribution in [2.75, 3.05) is 6.61 Å². The van der Waals surface area contributed by atoms with Crippen LogP contribution in [0.1, 0.15) is 54.5 Å². The predicted molar refractivity (Wildman–Crippen MR) is 136 cm³/mol. The number of ether oxygens (including phenoxy) is 1. The van der Waals surface area contributed by atoms with Crippen LogP contribution in [-0.4, -0.2) is 31.6 Å². The van der Waals surface area contributed by atoms with Gasteiger partial charge in [-0.3, -0.25) is 0 Å². The van der Waals surface area contributed by atoms with E-state index in [2.05, 4.69) is 10.5 Å². The summed E-state index contributed by atoms with van der Waals surface area (Å²) >= 11 is 0. The van der Waals surface area contributed by atoms with Crippen LogP contribution in [0.5, 0.6) is 0 Å². The molecule has 0 amide bonds. The van der Waals surface area contributed by atoms with Crippen LogP contribution in [0.2, 0.25) is 0 Å². The van der Waals surface area contributed by atoms with Gasteiger partial charge >= 0.3 is 0 Å². The Balaban J connectivity index is 1.62. The summed E-state index contributed by atoms with van der Waals surface area (Å²) < 4.78 is 51.2. The van der Waals surface area contributed by atoms with Crippen LogP contribution in [0.3, 0.4) is 0 Å². The van der Waals surface area contributed by atoms with Gasteiger partial charge in [-0.1, -0.05) is 54.6 Å². The first-order chi connectivity index (χ1) is 17.1. The Bertz CT molecular complexity index is 1410. The van der Waals surface area contributed by atoms with Crippen molar-refractivity contribution in [3.8, 4) is 17.2 Å². The molecule has 0 fully saturated rings. The topological polar surface area (TPSA) is 99.8 Å². The fourth-order valence-corrected chi connectivity index (χ4v) is 6.48. The summed E-state index contributed by atoms with van der Waals surface area (Å²) in [5.41, 5.74) is 2.15. The number of halogens is 1. The van der Waals surface area contributed by atoms with Gasteiger partial charge in [-0.25, -0.2) is 12.8 Å². The molecule has 4 rings (SSSR count). The van der Waals surface area contributed by atoms with Crippen LogP contribution >= 0.6 is 0 Å². The molecule has 1 heterocycles. The standard InChI is InChI=1S/C28H27FN2O4S/c1-28(2)27(22-13-11-21(12-14-22)20-9-7-19(18-30)8-10-20)36(33,34)31-26(35-28)17-23(15-16-32)24-5-3-4-6-25(24)29/h3-14,23,27,32H,15-17H2,1-2H3/t23-,27?/m1/s1. The van der Waals surface area contributed by atoms with Crippen molar-refractivity contribution in [2.24, 2.45) is 4.40 Å². The number of benzene rings is 3. The number of hydrogen-bond acceptors (Lipinski definition) is 5. The van der Waals surface area contributed by atoms with Gasteiger partial charge in [0, 0.05) is 13.0 Å². The second-order valence-electron chi connectivity index (χ2n) is 9.33. The summed E-state index contributed by atoms with van der Waals surface area (Å²) in [7, 11) is -4.00. The first-order valence-corrected chi connectivity index (χ1v) is 13.1. The highest BCUT2D eigenvalue weighted by Gasteiger charge is 2.47. The highest BCUT2D eigenvalue weighted by atomic mass is 32.2. The third kappa shape index (κ3) is 5.32. The average Bonchev–Trinajstić information content (AvgIpc) is 2.83. The van der Waals surface area contributed by atoms with Crippen LogP contribution in [0.15, 0.2) is 77.2 Å². The van der Waals surface area contributed by atoms with E-state index in [1.54, 1.807) is 56.3 Å². The average molecular weight is 507 g/mol. The van der Waals surface area contributed by atoms with Gasteiger partial charge < -0.3 is 9.84 Å². The van der Waals surface area contributed by atoms with Crippen LogP contribution in [-0.2, 0) is 14.8 Å². The van der Waals surface area contributed by atoms with Gasteiger partial charge in [-0.15, -0.1) is 4.40 Å². The molecular formula is C28H27FN2O4S. The molecule has 0 bridgehead atoms. The molecule has 0 aromatic heterocycles. The van der Waals surface area contributed by atoms with E-state index in [-0.39, 0.29) is 25.3 Å². The number of aliphatic hydroxyl groups is 1. The van der Waals surface area contributed by atoms with Crippen LogP contribution in [0.25, 0.3) is 11.1 Å². The summed E-state index contributed by atoms with van der Waals surface area (Å²) in [6.07, 6.45) is 0.290. The molecule has 0 spiro atoms. The number of hydrogen-bond donors (Lipinski definition) is 1. The highest BCUT2D eigenvalue weighted by molar-refractivity contribution is 7.90. The SMILES string of the molecule is CC1(C)OC(C[C@@H](CCO)c2ccccc2F)=NS(=O)(=O)C1c1ccc(-c2ccc(C#N)cc2)cc1. The third-order valence-electron chi connectivity index (χ3n) is 6.34. The number of aliphatic hydroxyl groups excluding tert-OH is 1.